The number of hydrogen-bond acceptors (Lipinski definition) is 9. The van der Waals surface area contributed by atoms with E-state index in [-0.39, 0.29) is 35.6 Å². The van der Waals surface area contributed by atoms with Crippen molar-refractivity contribution in [3.8, 4) is 0 Å². The number of para-hydroxylation sites is 2. The van der Waals surface area contributed by atoms with E-state index < -0.39 is 21.8 Å². The molecule has 1 atom stereocenters. The van der Waals surface area contributed by atoms with Gasteiger partial charge in [-0.1, -0.05) is 54.6 Å². The summed E-state index contributed by atoms with van der Waals surface area (Å²) in [5, 5.41) is 10.2. The van der Waals surface area contributed by atoms with Crippen LogP contribution in [0, 0.1) is 0 Å². The van der Waals surface area contributed by atoms with E-state index in [4.69, 9.17) is 4.42 Å². The lowest BCUT2D eigenvalue weighted by molar-refractivity contribution is -0.122. The SMILES string of the molecule is O=C(CCCCNC(=O)[C@H](CS(=O)(=O)Cc1ccccc1)NC(c1cccs1)c1cccs1)c1nc2ccccc2o1. The molecule has 0 fully saturated rings. The number of carbonyl (C=O) groups excluding carboxylic acids is 2. The van der Waals surface area contributed by atoms with Crippen molar-refractivity contribution >= 4 is 55.3 Å². The maximum absolute atomic E-state index is 13.4. The Morgan fingerprint density at radius 1 is 0.857 bits per heavy atom. The van der Waals surface area contributed by atoms with Crippen molar-refractivity contribution in [2.75, 3.05) is 12.3 Å². The van der Waals surface area contributed by atoms with Crippen molar-refractivity contribution in [3.05, 3.63) is 111 Å². The van der Waals surface area contributed by atoms with E-state index in [1.54, 1.807) is 59.1 Å². The first-order chi connectivity index (χ1) is 20.4. The molecule has 2 N–H and O–H groups in total. The van der Waals surface area contributed by atoms with Crippen LogP contribution in [0.25, 0.3) is 11.1 Å². The summed E-state index contributed by atoms with van der Waals surface area (Å²) < 4.78 is 32.1. The number of rotatable bonds is 15. The molecule has 42 heavy (non-hydrogen) atoms. The monoisotopic (exact) mass is 621 g/mol. The Kier molecular flexibility index (Phi) is 9.96. The number of unbranched alkanes of at least 4 members (excludes halogenated alkanes) is 1. The minimum atomic E-state index is -3.63. The molecule has 8 nitrogen and oxygen atoms in total. The molecule has 2 aromatic carbocycles. The standard InChI is InChI=1S/C31H31N3O5S3/c35-25(31-34-23-12-4-5-14-26(23)39-31)13-6-7-17-32-30(36)24(21-42(37,38)20-22-10-2-1-3-11-22)33-29(27-15-8-18-40-27)28-16-9-19-41-28/h1-5,8-12,14-16,18-19,24,29,33H,6-7,13,17,20-21H2,(H,32,36)/t24-/m0/s1. The molecule has 0 aliphatic heterocycles. The molecule has 0 aliphatic carbocycles. The predicted molar refractivity (Wildman–Crippen MR) is 167 cm³/mol. The van der Waals surface area contributed by atoms with Crippen LogP contribution in [0.5, 0.6) is 0 Å². The Morgan fingerprint density at radius 3 is 2.21 bits per heavy atom. The van der Waals surface area contributed by atoms with Gasteiger partial charge in [0.05, 0.1) is 17.5 Å². The number of benzene rings is 2. The fraction of sp³-hybridized carbons (Fsp3) is 0.258. The Balaban J connectivity index is 1.22. The number of amides is 1. The highest BCUT2D eigenvalue weighted by Gasteiger charge is 2.30. The Labute approximate surface area is 252 Å². The van der Waals surface area contributed by atoms with E-state index in [2.05, 4.69) is 15.6 Å². The lowest BCUT2D eigenvalue weighted by Crippen LogP contribution is -2.49. The highest BCUT2D eigenvalue weighted by atomic mass is 32.2. The number of nitrogens with one attached hydrogen (secondary N) is 2. The second kappa shape index (κ2) is 14.0. The molecule has 3 aromatic heterocycles. The van der Waals surface area contributed by atoms with E-state index in [1.165, 1.54) is 0 Å². The first-order valence-corrected chi connectivity index (χ1v) is 17.2. The number of fused-ring (bicyclic) bond motifs is 1. The number of oxazole rings is 1. The fourth-order valence-electron chi connectivity index (χ4n) is 4.60. The molecule has 0 aliphatic rings. The molecular weight excluding hydrogens is 591 g/mol. The van der Waals surface area contributed by atoms with Crippen LogP contribution < -0.4 is 10.6 Å². The van der Waals surface area contributed by atoms with E-state index in [9.17, 15) is 18.0 Å². The van der Waals surface area contributed by atoms with Gasteiger partial charge in [0.1, 0.15) is 11.6 Å². The molecule has 3 heterocycles. The van der Waals surface area contributed by atoms with Gasteiger partial charge in [-0.2, -0.15) is 0 Å². The molecule has 218 valence electrons. The van der Waals surface area contributed by atoms with Gasteiger partial charge in [0.15, 0.2) is 15.4 Å². The summed E-state index contributed by atoms with van der Waals surface area (Å²) in [6, 6.07) is 22.7. The van der Waals surface area contributed by atoms with Crippen LogP contribution in [0.4, 0.5) is 0 Å². The maximum Gasteiger partial charge on any atom is 0.264 e. The van der Waals surface area contributed by atoms with E-state index in [1.807, 2.05) is 53.2 Å². The van der Waals surface area contributed by atoms with Gasteiger partial charge < -0.3 is 9.73 Å². The van der Waals surface area contributed by atoms with Crippen LogP contribution in [0.1, 0.15) is 51.3 Å². The lowest BCUT2D eigenvalue weighted by atomic mass is 10.1. The zero-order chi connectivity index (χ0) is 29.4. The number of sulfone groups is 1. The van der Waals surface area contributed by atoms with Gasteiger partial charge in [-0.05, 0) is 53.4 Å². The quantitative estimate of drug-likeness (QED) is 0.112. The average Bonchev–Trinajstić information content (AvgIpc) is 3.77. The van der Waals surface area contributed by atoms with Gasteiger partial charge in [-0.15, -0.1) is 22.7 Å². The van der Waals surface area contributed by atoms with Crippen molar-refractivity contribution in [1.82, 2.24) is 15.6 Å². The molecule has 0 saturated carbocycles. The summed E-state index contributed by atoms with van der Waals surface area (Å²) in [5.41, 5.74) is 1.88. The number of thiophene rings is 2. The summed E-state index contributed by atoms with van der Waals surface area (Å²) in [4.78, 5) is 32.2. The largest absolute Gasteiger partial charge is 0.434 e. The van der Waals surface area contributed by atoms with Crippen molar-refractivity contribution in [2.45, 2.75) is 37.1 Å². The average molecular weight is 622 g/mol. The second-order valence-electron chi connectivity index (χ2n) is 9.88. The third kappa shape index (κ3) is 8.01. The smallest absolute Gasteiger partial charge is 0.264 e. The van der Waals surface area contributed by atoms with Crippen LogP contribution >= 0.6 is 22.7 Å². The highest BCUT2D eigenvalue weighted by Crippen LogP contribution is 2.30. The maximum atomic E-state index is 13.4. The van der Waals surface area contributed by atoms with Gasteiger partial charge >= 0.3 is 0 Å². The first kappa shape index (κ1) is 29.8. The molecule has 0 unspecified atom stereocenters. The first-order valence-electron chi connectivity index (χ1n) is 13.6. The highest BCUT2D eigenvalue weighted by molar-refractivity contribution is 7.90. The van der Waals surface area contributed by atoms with Crippen molar-refractivity contribution in [2.24, 2.45) is 0 Å². The Hall–Kier alpha value is -3.64. The zero-order valence-corrected chi connectivity index (χ0v) is 25.2. The third-order valence-electron chi connectivity index (χ3n) is 6.65. The minimum Gasteiger partial charge on any atom is -0.434 e. The van der Waals surface area contributed by atoms with Crippen molar-refractivity contribution in [3.63, 3.8) is 0 Å². The van der Waals surface area contributed by atoms with E-state index in [0.717, 1.165) is 9.75 Å². The van der Waals surface area contributed by atoms with Gasteiger partial charge in [-0.3, -0.25) is 14.9 Å². The molecule has 11 heteroatoms. The van der Waals surface area contributed by atoms with Gasteiger partial charge in [-0.25, -0.2) is 13.4 Å². The molecule has 0 bridgehead atoms. The predicted octanol–water partition coefficient (Wildman–Crippen LogP) is 5.78. The second-order valence-corrected chi connectivity index (χ2v) is 13.9. The summed E-state index contributed by atoms with van der Waals surface area (Å²) >= 11 is 3.10. The topological polar surface area (TPSA) is 118 Å². The number of carbonyl (C=O) groups is 2. The van der Waals surface area contributed by atoms with Crippen LogP contribution in [-0.2, 0) is 20.4 Å². The van der Waals surface area contributed by atoms with E-state index >= 15 is 0 Å². The van der Waals surface area contributed by atoms with E-state index in [0.29, 0.717) is 36.0 Å². The molecule has 0 spiro atoms. The summed E-state index contributed by atoms with van der Waals surface area (Å²) in [5.74, 6) is -1.01. The number of hydrogen-bond donors (Lipinski definition) is 2. The summed E-state index contributed by atoms with van der Waals surface area (Å²) in [6.45, 7) is 0.305. The number of nitrogens with zero attached hydrogens (tertiary/aromatic N) is 1. The molecule has 5 aromatic rings. The summed E-state index contributed by atoms with van der Waals surface area (Å²) in [7, 11) is -3.63. The minimum absolute atomic E-state index is 0.0846. The van der Waals surface area contributed by atoms with Crippen LogP contribution in [-0.4, -0.2) is 43.4 Å². The molecular formula is C31H31N3O5S3. The van der Waals surface area contributed by atoms with Gasteiger partial charge in [0.2, 0.25) is 11.7 Å². The molecule has 5 rings (SSSR count). The van der Waals surface area contributed by atoms with Crippen LogP contribution in [0.3, 0.4) is 0 Å². The lowest BCUT2D eigenvalue weighted by Gasteiger charge is -2.24. The Bertz CT molecular complexity index is 1630. The van der Waals surface area contributed by atoms with Gasteiger partial charge in [0.25, 0.3) is 5.89 Å². The molecule has 1 amide bonds. The molecule has 0 radical (unpaired) electrons. The number of ketones is 1. The van der Waals surface area contributed by atoms with Crippen molar-refractivity contribution in [1.29, 1.82) is 0 Å². The van der Waals surface area contributed by atoms with Crippen LogP contribution in [0.2, 0.25) is 0 Å². The zero-order valence-electron chi connectivity index (χ0n) is 22.8. The van der Waals surface area contributed by atoms with Crippen molar-refractivity contribution < 1.29 is 22.4 Å². The normalized spacial score (nSPS) is 12.5. The number of aromatic nitrogens is 1. The Morgan fingerprint density at radius 2 is 1.55 bits per heavy atom. The third-order valence-corrected chi connectivity index (χ3v) is 10.1. The fourth-order valence-corrected chi connectivity index (χ4v) is 7.85. The van der Waals surface area contributed by atoms with Crippen LogP contribution in [0.15, 0.2) is 94.0 Å². The molecule has 0 saturated heterocycles. The van der Waals surface area contributed by atoms with Gasteiger partial charge in [0, 0.05) is 22.7 Å². The number of Topliss-reactive ketones (excluding diaryl/α,β-unsaturated/α-hetero) is 1. The summed E-state index contributed by atoms with van der Waals surface area (Å²) in [6.07, 6.45) is 1.30.